The van der Waals surface area contributed by atoms with Crippen LogP contribution in [0.1, 0.15) is 53.9 Å². The van der Waals surface area contributed by atoms with Gasteiger partial charge in [-0.2, -0.15) is 10.2 Å². The highest BCUT2D eigenvalue weighted by atomic mass is 31.2. The maximum atomic E-state index is 12.5. The Bertz CT molecular complexity index is 1420. The molecule has 0 radical (unpaired) electrons. The summed E-state index contributed by atoms with van der Waals surface area (Å²) in [6.07, 6.45) is 7.79. The predicted octanol–water partition coefficient (Wildman–Crippen LogP) is 4.88. The van der Waals surface area contributed by atoms with Crippen LogP contribution in [-0.2, 0) is 17.5 Å². The number of nitriles is 1. The maximum absolute atomic E-state index is 12.5. The van der Waals surface area contributed by atoms with Crippen molar-refractivity contribution in [2.45, 2.75) is 50.6 Å². The second-order valence-electron chi connectivity index (χ2n) is 10.5. The third-order valence-corrected chi connectivity index (χ3v) is 8.70. The van der Waals surface area contributed by atoms with Crippen LogP contribution < -0.4 is 16.1 Å². The number of benzene rings is 1. The Balaban J connectivity index is 1.29. The van der Waals surface area contributed by atoms with Gasteiger partial charge in [-0.3, -0.25) is 4.90 Å². The second kappa shape index (κ2) is 8.99. The molecule has 9 heteroatoms. The van der Waals surface area contributed by atoms with Crippen molar-refractivity contribution in [1.29, 1.82) is 5.26 Å². The molecule has 0 amide bonds. The Morgan fingerprint density at radius 2 is 1.94 bits per heavy atom. The quantitative estimate of drug-likeness (QED) is 0.463. The largest absolute Gasteiger partial charge is 0.324 e. The highest BCUT2D eigenvalue weighted by Gasteiger charge is 2.37. The Labute approximate surface area is 211 Å². The van der Waals surface area contributed by atoms with Crippen molar-refractivity contribution in [3.05, 3.63) is 58.8 Å². The van der Waals surface area contributed by atoms with Crippen molar-refractivity contribution in [1.82, 2.24) is 19.9 Å². The number of hydrogen-bond donors (Lipinski definition) is 2. The summed E-state index contributed by atoms with van der Waals surface area (Å²) in [7, 11) is -2.51. The van der Waals surface area contributed by atoms with Crippen LogP contribution in [0.25, 0.3) is 0 Å². The number of nitrogens with zero attached hydrogens (tertiary/aromatic N) is 5. The Morgan fingerprint density at radius 1 is 1.11 bits per heavy atom. The van der Waals surface area contributed by atoms with Crippen LogP contribution in [0.2, 0.25) is 0 Å². The van der Waals surface area contributed by atoms with Gasteiger partial charge >= 0.3 is 0 Å². The van der Waals surface area contributed by atoms with Gasteiger partial charge in [0.2, 0.25) is 5.95 Å². The molecule has 1 atom stereocenters. The van der Waals surface area contributed by atoms with E-state index in [-0.39, 0.29) is 0 Å². The first-order chi connectivity index (χ1) is 17.4. The number of nitrogens with one attached hydrogen (secondary N) is 2. The highest BCUT2D eigenvalue weighted by Crippen LogP contribution is 2.43. The SMILES string of the molecule is CP(C)(=O)c1cccc(Nc2nc(Nc3cc4c5c(c3)CN(C3CC3)CC5CCC4)ncc2C#N)n1. The molecular formula is C27H30N7OP. The van der Waals surface area contributed by atoms with E-state index in [0.717, 1.165) is 24.7 Å². The third kappa shape index (κ3) is 4.61. The lowest BCUT2D eigenvalue weighted by atomic mass is 9.77. The van der Waals surface area contributed by atoms with Crippen LogP contribution in [0, 0.1) is 11.3 Å². The number of hydrogen-bond acceptors (Lipinski definition) is 8. The molecule has 184 valence electrons. The number of rotatable bonds is 6. The van der Waals surface area contributed by atoms with Crippen molar-refractivity contribution in [2.24, 2.45) is 0 Å². The minimum Gasteiger partial charge on any atom is -0.324 e. The van der Waals surface area contributed by atoms with Crippen molar-refractivity contribution >= 4 is 35.8 Å². The topological polar surface area (TPSA) is 107 Å². The molecule has 2 aliphatic carbocycles. The van der Waals surface area contributed by atoms with Crippen molar-refractivity contribution < 1.29 is 4.57 Å². The van der Waals surface area contributed by atoms with Crippen LogP contribution in [-0.4, -0.2) is 45.8 Å². The molecule has 1 aromatic carbocycles. The minimum absolute atomic E-state index is 0.312. The first-order valence-corrected chi connectivity index (χ1v) is 15.2. The van der Waals surface area contributed by atoms with E-state index in [1.54, 1.807) is 37.1 Å². The summed E-state index contributed by atoms with van der Waals surface area (Å²) < 4.78 is 12.5. The molecule has 6 rings (SSSR count). The van der Waals surface area contributed by atoms with E-state index in [1.165, 1.54) is 49.6 Å². The summed E-state index contributed by atoms with van der Waals surface area (Å²) >= 11 is 0. The van der Waals surface area contributed by atoms with Crippen LogP contribution >= 0.6 is 7.14 Å². The van der Waals surface area contributed by atoms with Crippen molar-refractivity contribution in [3.8, 4) is 6.07 Å². The van der Waals surface area contributed by atoms with Gasteiger partial charge in [0.25, 0.3) is 0 Å². The molecule has 3 aliphatic rings. The molecule has 0 saturated heterocycles. The summed E-state index contributed by atoms with van der Waals surface area (Å²) in [5.74, 6) is 1.92. The van der Waals surface area contributed by atoms with Gasteiger partial charge in [-0.15, -0.1) is 0 Å². The van der Waals surface area contributed by atoms with Crippen LogP contribution in [0.4, 0.5) is 23.3 Å². The minimum atomic E-state index is -2.51. The first-order valence-electron chi connectivity index (χ1n) is 12.6. The second-order valence-corrected chi connectivity index (χ2v) is 13.7. The lowest BCUT2D eigenvalue weighted by Crippen LogP contribution is -2.37. The molecular weight excluding hydrogens is 469 g/mol. The van der Waals surface area contributed by atoms with E-state index < -0.39 is 7.14 Å². The van der Waals surface area contributed by atoms with Crippen LogP contribution in [0.5, 0.6) is 0 Å². The summed E-state index contributed by atoms with van der Waals surface area (Å²) in [5.41, 5.74) is 6.26. The van der Waals surface area contributed by atoms with Gasteiger partial charge in [0.15, 0.2) is 5.82 Å². The molecule has 3 aromatic rings. The number of aromatic nitrogens is 3. The molecule has 36 heavy (non-hydrogen) atoms. The molecule has 2 aromatic heterocycles. The average molecular weight is 500 g/mol. The Hall–Kier alpha value is -3.27. The molecule has 2 N–H and O–H groups in total. The highest BCUT2D eigenvalue weighted by molar-refractivity contribution is 7.69. The van der Waals surface area contributed by atoms with Crippen LogP contribution in [0.3, 0.4) is 0 Å². The predicted molar refractivity (Wildman–Crippen MR) is 142 cm³/mol. The summed E-state index contributed by atoms with van der Waals surface area (Å²) in [4.78, 5) is 16.1. The zero-order valence-corrected chi connectivity index (χ0v) is 21.6. The number of anilines is 4. The number of aryl methyl sites for hydroxylation is 1. The van der Waals surface area contributed by atoms with Crippen LogP contribution in [0.15, 0.2) is 36.5 Å². The molecule has 0 spiro atoms. The average Bonchev–Trinajstić information content (AvgIpc) is 3.70. The van der Waals surface area contributed by atoms with E-state index in [2.05, 4.69) is 48.7 Å². The smallest absolute Gasteiger partial charge is 0.229 e. The molecule has 1 unspecified atom stereocenters. The van der Waals surface area contributed by atoms with Gasteiger partial charge in [-0.25, -0.2) is 9.97 Å². The van der Waals surface area contributed by atoms with E-state index in [0.29, 0.717) is 34.5 Å². The summed E-state index contributed by atoms with van der Waals surface area (Å²) in [5, 5.41) is 16.1. The zero-order valence-electron chi connectivity index (χ0n) is 20.7. The fourth-order valence-electron chi connectivity index (χ4n) is 5.53. The summed E-state index contributed by atoms with van der Waals surface area (Å²) in [6.45, 7) is 5.59. The van der Waals surface area contributed by atoms with E-state index in [4.69, 9.17) is 0 Å². The normalized spacial score (nSPS) is 19.3. The Morgan fingerprint density at radius 3 is 2.72 bits per heavy atom. The van der Waals surface area contributed by atoms with Gasteiger partial charge in [0.1, 0.15) is 30.0 Å². The van der Waals surface area contributed by atoms with Gasteiger partial charge in [0, 0.05) is 24.8 Å². The van der Waals surface area contributed by atoms with Gasteiger partial charge in [-0.05, 0) is 92.3 Å². The number of pyridine rings is 1. The van der Waals surface area contributed by atoms with Gasteiger partial charge < -0.3 is 15.2 Å². The zero-order chi connectivity index (χ0) is 24.9. The first kappa shape index (κ1) is 23.1. The fourth-order valence-corrected chi connectivity index (χ4v) is 6.32. The van der Waals surface area contributed by atoms with E-state index in [9.17, 15) is 9.83 Å². The molecule has 1 aliphatic heterocycles. The molecule has 0 bridgehead atoms. The third-order valence-electron chi connectivity index (χ3n) is 7.35. The van der Waals surface area contributed by atoms with Gasteiger partial charge in [0.05, 0.1) is 6.20 Å². The molecule has 1 saturated carbocycles. The maximum Gasteiger partial charge on any atom is 0.229 e. The molecule has 8 nitrogen and oxygen atoms in total. The van der Waals surface area contributed by atoms with E-state index >= 15 is 0 Å². The standard InChI is InChI=1S/C27H30N7OP/c1-36(2,35)24-8-4-7-23(31-24)32-26-20(13-28)14-29-27(33-26)30-21-11-17-5-3-6-18-15-34(22-9-10-22)16-19(12-21)25(17)18/h4,7-8,11-12,14,18,22H,3,5-6,9-10,15-16H2,1-2H3,(H2,29,30,31,32,33). The monoisotopic (exact) mass is 499 g/mol. The molecule has 3 heterocycles. The van der Waals surface area contributed by atoms with Gasteiger partial charge in [-0.1, -0.05) is 6.07 Å². The summed E-state index contributed by atoms with van der Waals surface area (Å²) in [6, 6.07) is 12.7. The fraction of sp³-hybridized carbons (Fsp3) is 0.407. The van der Waals surface area contributed by atoms with E-state index in [1.807, 2.05) is 0 Å². The van der Waals surface area contributed by atoms with Crippen molar-refractivity contribution in [2.75, 3.05) is 30.5 Å². The lowest BCUT2D eigenvalue weighted by molar-refractivity contribution is 0.210. The Kier molecular flexibility index (Phi) is 5.78. The van der Waals surface area contributed by atoms with Crippen molar-refractivity contribution in [3.63, 3.8) is 0 Å². The lowest BCUT2D eigenvalue weighted by Gasteiger charge is -2.39. The molecule has 1 fully saturated rings.